The number of hydrogen-bond donors (Lipinski definition) is 0. The molecule has 0 unspecified atom stereocenters. The highest BCUT2D eigenvalue weighted by Crippen LogP contribution is 2.25. The third-order valence-electron chi connectivity index (χ3n) is 1.84. The lowest BCUT2D eigenvalue weighted by molar-refractivity contribution is 0.172. The quantitative estimate of drug-likeness (QED) is 0.756. The van der Waals surface area contributed by atoms with Crippen molar-refractivity contribution in [2.45, 2.75) is 13.3 Å². The molecule has 0 heterocycles. The normalized spacial score (nSPS) is 10.2. The fraction of sp³-hybridized carbons (Fsp3) is 0.455. The molecule has 14 heavy (non-hydrogen) atoms. The fourth-order valence-corrected chi connectivity index (χ4v) is 1.72. The Morgan fingerprint density at radius 1 is 1.29 bits per heavy atom. The summed E-state index contributed by atoms with van der Waals surface area (Å²) in [5.41, 5.74) is 1.22. The average Bonchev–Trinajstić information content (AvgIpc) is 2.15. The van der Waals surface area contributed by atoms with E-state index in [4.69, 9.17) is 9.47 Å². The summed E-state index contributed by atoms with van der Waals surface area (Å²) in [6, 6.07) is 6.06. The molecule has 0 fully saturated rings. The molecule has 3 heteroatoms. The molecular weight excluding hydrogens is 244 g/mol. The van der Waals surface area contributed by atoms with Crippen LogP contribution in [0.5, 0.6) is 5.75 Å². The molecule has 0 aromatic heterocycles. The first-order chi connectivity index (χ1) is 6.74. The largest absolute Gasteiger partial charge is 0.492 e. The zero-order valence-corrected chi connectivity index (χ0v) is 10.1. The summed E-state index contributed by atoms with van der Waals surface area (Å²) in [6.07, 6.45) is 0.914. The van der Waals surface area contributed by atoms with E-state index >= 15 is 0 Å². The molecule has 1 aromatic carbocycles. The van der Waals surface area contributed by atoms with Gasteiger partial charge in [-0.3, -0.25) is 0 Å². The van der Waals surface area contributed by atoms with Crippen molar-refractivity contribution in [2.24, 2.45) is 0 Å². The second-order valence-electron chi connectivity index (χ2n) is 3.13. The van der Waals surface area contributed by atoms with Crippen LogP contribution in [0.2, 0.25) is 0 Å². The van der Waals surface area contributed by atoms with E-state index in [1.54, 1.807) is 7.11 Å². The van der Waals surface area contributed by atoms with Crippen LogP contribution in [0.15, 0.2) is 22.7 Å². The van der Waals surface area contributed by atoms with E-state index in [2.05, 4.69) is 22.9 Å². The Labute approximate surface area is 93.4 Å². The number of ether oxygens (including phenoxy) is 2. The standard InChI is InChI=1S/C11H15BrO2/c1-9-4-5-11(10(12)8-9)14-7-3-6-13-2/h4-5,8H,3,6-7H2,1-2H3. The Morgan fingerprint density at radius 2 is 2.07 bits per heavy atom. The highest BCUT2D eigenvalue weighted by Gasteiger charge is 2.00. The maximum Gasteiger partial charge on any atom is 0.133 e. The molecule has 0 aliphatic rings. The van der Waals surface area contributed by atoms with Crippen LogP contribution in [0, 0.1) is 6.92 Å². The minimum Gasteiger partial charge on any atom is -0.492 e. The summed E-state index contributed by atoms with van der Waals surface area (Å²) >= 11 is 3.46. The monoisotopic (exact) mass is 258 g/mol. The van der Waals surface area contributed by atoms with Gasteiger partial charge in [0, 0.05) is 20.1 Å². The molecule has 0 bridgehead atoms. The Hall–Kier alpha value is -0.540. The summed E-state index contributed by atoms with van der Waals surface area (Å²) in [4.78, 5) is 0. The molecular formula is C11H15BrO2. The summed E-state index contributed by atoms with van der Waals surface area (Å²) in [6.45, 7) is 3.48. The molecule has 78 valence electrons. The number of methoxy groups -OCH3 is 1. The fourth-order valence-electron chi connectivity index (χ4n) is 1.11. The van der Waals surface area contributed by atoms with Gasteiger partial charge >= 0.3 is 0 Å². The predicted molar refractivity (Wildman–Crippen MR) is 60.9 cm³/mol. The van der Waals surface area contributed by atoms with Crippen LogP contribution in [0.3, 0.4) is 0 Å². The minimum absolute atomic E-state index is 0.690. The second kappa shape index (κ2) is 6.04. The van der Waals surface area contributed by atoms with Gasteiger partial charge in [0.15, 0.2) is 0 Å². The van der Waals surface area contributed by atoms with Crippen LogP contribution in [0.1, 0.15) is 12.0 Å². The van der Waals surface area contributed by atoms with Gasteiger partial charge in [-0.2, -0.15) is 0 Å². The summed E-state index contributed by atoms with van der Waals surface area (Å²) in [7, 11) is 1.70. The smallest absolute Gasteiger partial charge is 0.133 e. The first-order valence-electron chi connectivity index (χ1n) is 4.62. The van der Waals surface area contributed by atoms with Crippen LogP contribution >= 0.6 is 15.9 Å². The third kappa shape index (κ3) is 3.68. The van der Waals surface area contributed by atoms with Crippen molar-refractivity contribution in [3.8, 4) is 5.75 Å². The minimum atomic E-state index is 0.690. The zero-order chi connectivity index (χ0) is 10.4. The van der Waals surface area contributed by atoms with E-state index < -0.39 is 0 Å². The van der Waals surface area contributed by atoms with Crippen molar-refractivity contribution in [3.05, 3.63) is 28.2 Å². The van der Waals surface area contributed by atoms with E-state index in [0.717, 1.165) is 23.2 Å². The summed E-state index contributed by atoms with van der Waals surface area (Å²) in [5, 5.41) is 0. The molecule has 0 N–H and O–H groups in total. The first-order valence-corrected chi connectivity index (χ1v) is 5.41. The molecule has 0 spiro atoms. The first kappa shape index (κ1) is 11.5. The summed E-state index contributed by atoms with van der Waals surface area (Å²) in [5.74, 6) is 0.895. The van der Waals surface area contributed by atoms with Gasteiger partial charge in [-0.25, -0.2) is 0 Å². The highest BCUT2D eigenvalue weighted by molar-refractivity contribution is 9.10. The Kier molecular flexibility index (Phi) is 4.98. The molecule has 0 radical (unpaired) electrons. The van der Waals surface area contributed by atoms with Crippen molar-refractivity contribution in [2.75, 3.05) is 20.3 Å². The van der Waals surface area contributed by atoms with Gasteiger partial charge in [0.05, 0.1) is 11.1 Å². The van der Waals surface area contributed by atoms with Crippen molar-refractivity contribution in [1.82, 2.24) is 0 Å². The van der Waals surface area contributed by atoms with Gasteiger partial charge in [0.25, 0.3) is 0 Å². The van der Waals surface area contributed by atoms with Gasteiger partial charge in [-0.1, -0.05) is 6.07 Å². The molecule has 0 saturated carbocycles. The van der Waals surface area contributed by atoms with Gasteiger partial charge in [-0.05, 0) is 40.5 Å². The topological polar surface area (TPSA) is 18.5 Å². The Morgan fingerprint density at radius 3 is 2.71 bits per heavy atom. The molecule has 0 saturated heterocycles. The molecule has 0 aliphatic carbocycles. The van der Waals surface area contributed by atoms with Crippen LogP contribution in [0.4, 0.5) is 0 Å². The van der Waals surface area contributed by atoms with Gasteiger partial charge in [0.2, 0.25) is 0 Å². The van der Waals surface area contributed by atoms with Crippen molar-refractivity contribution >= 4 is 15.9 Å². The van der Waals surface area contributed by atoms with Gasteiger partial charge in [-0.15, -0.1) is 0 Å². The lowest BCUT2D eigenvalue weighted by atomic mass is 10.2. The third-order valence-corrected chi connectivity index (χ3v) is 2.46. The molecule has 0 aliphatic heterocycles. The number of halogens is 1. The maximum atomic E-state index is 5.57. The van der Waals surface area contributed by atoms with Gasteiger partial charge in [0.1, 0.15) is 5.75 Å². The lowest BCUT2D eigenvalue weighted by Gasteiger charge is -2.08. The van der Waals surface area contributed by atoms with E-state index in [9.17, 15) is 0 Å². The van der Waals surface area contributed by atoms with E-state index in [-0.39, 0.29) is 0 Å². The number of rotatable bonds is 5. The van der Waals surface area contributed by atoms with Crippen LogP contribution in [-0.4, -0.2) is 20.3 Å². The predicted octanol–water partition coefficient (Wildman–Crippen LogP) is 3.17. The van der Waals surface area contributed by atoms with Crippen molar-refractivity contribution in [1.29, 1.82) is 0 Å². The Balaban J connectivity index is 2.42. The number of aryl methyl sites for hydroxylation is 1. The number of hydrogen-bond acceptors (Lipinski definition) is 2. The maximum absolute atomic E-state index is 5.57. The van der Waals surface area contributed by atoms with Crippen molar-refractivity contribution in [3.63, 3.8) is 0 Å². The summed E-state index contributed by atoms with van der Waals surface area (Å²) < 4.78 is 11.5. The van der Waals surface area contributed by atoms with E-state index in [1.165, 1.54) is 5.56 Å². The van der Waals surface area contributed by atoms with Crippen LogP contribution < -0.4 is 4.74 Å². The van der Waals surface area contributed by atoms with Crippen LogP contribution in [0.25, 0.3) is 0 Å². The molecule has 0 amide bonds. The van der Waals surface area contributed by atoms with E-state index in [1.807, 2.05) is 18.2 Å². The highest BCUT2D eigenvalue weighted by atomic mass is 79.9. The van der Waals surface area contributed by atoms with Gasteiger partial charge < -0.3 is 9.47 Å². The average molecular weight is 259 g/mol. The molecule has 0 atom stereocenters. The van der Waals surface area contributed by atoms with Crippen molar-refractivity contribution < 1.29 is 9.47 Å². The van der Waals surface area contributed by atoms with Crippen LogP contribution in [-0.2, 0) is 4.74 Å². The second-order valence-corrected chi connectivity index (χ2v) is 3.98. The lowest BCUT2D eigenvalue weighted by Crippen LogP contribution is -2.01. The van der Waals surface area contributed by atoms with E-state index in [0.29, 0.717) is 6.61 Å². The Bertz CT molecular complexity index is 287. The number of benzene rings is 1. The molecule has 2 nitrogen and oxygen atoms in total. The molecule has 1 aromatic rings. The zero-order valence-electron chi connectivity index (χ0n) is 8.55. The SMILES string of the molecule is COCCCOc1ccc(C)cc1Br. The molecule has 1 rings (SSSR count).